The van der Waals surface area contributed by atoms with Gasteiger partial charge in [-0.25, -0.2) is 4.98 Å². The zero-order valence-corrected chi connectivity index (χ0v) is 13.7. The minimum atomic E-state index is 0.629. The maximum Gasteiger partial charge on any atom is 0.225 e. The lowest BCUT2D eigenvalue weighted by Gasteiger charge is -2.13. The minimum Gasteiger partial charge on any atom is -0.493 e. The molecule has 2 aromatic rings. The maximum atomic E-state index is 5.36. The van der Waals surface area contributed by atoms with E-state index in [9.17, 15) is 0 Å². The van der Waals surface area contributed by atoms with Crippen LogP contribution in [0.4, 0.5) is 11.8 Å². The van der Waals surface area contributed by atoms with Crippen LogP contribution in [0.1, 0.15) is 26.7 Å². The molecule has 1 aromatic carbocycles. The molecule has 0 unspecified atom stereocenters. The highest BCUT2D eigenvalue weighted by atomic mass is 16.5. The molecular formula is C16H24N4O2. The summed E-state index contributed by atoms with van der Waals surface area (Å²) < 4.78 is 10.7. The van der Waals surface area contributed by atoms with E-state index < -0.39 is 0 Å². The largest absolute Gasteiger partial charge is 0.493 e. The molecule has 0 aliphatic heterocycles. The van der Waals surface area contributed by atoms with Gasteiger partial charge in [-0.2, -0.15) is 4.98 Å². The number of rotatable bonds is 8. The number of nitrogens with zero attached hydrogens (tertiary/aromatic N) is 2. The third-order valence-corrected chi connectivity index (χ3v) is 3.36. The van der Waals surface area contributed by atoms with Crippen molar-refractivity contribution in [3.8, 4) is 11.5 Å². The fraction of sp³-hybridized carbons (Fsp3) is 0.500. The van der Waals surface area contributed by atoms with Crippen molar-refractivity contribution < 1.29 is 9.47 Å². The molecule has 0 amide bonds. The number of fused-ring (bicyclic) bond motifs is 1. The second-order valence-electron chi connectivity index (χ2n) is 4.93. The summed E-state index contributed by atoms with van der Waals surface area (Å²) in [5, 5.41) is 7.47. The van der Waals surface area contributed by atoms with Crippen molar-refractivity contribution in [1.82, 2.24) is 9.97 Å². The van der Waals surface area contributed by atoms with Crippen molar-refractivity contribution in [2.45, 2.75) is 26.7 Å². The normalized spacial score (nSPS) is 10.5. The Bertz CT molecular complexity index is 631. The predicted octanol–water partition coefficient (Wildman–Crippen LogP) is 3.29. The first-order valence-corrected chi connectivity index (χ1v) is 7.65. The highest BCUT2D eigenvalue weighted by Gasteiger charge is 2.12. The van der Waals surface area contributed by atoms with E-state index in [1.54, 1.807) is 14.2 Å². The quantitative estimate of drug-likeness (QED) is 0.729. The highest BCUT2D eigenvalue weighted by Crippen LogP contribution is 2.34. The van der Waals surface area contributed by atoms with Crippen LogP contribution in [0.2, 0.25) is 0 Å². The Kier molecular flexibility index (Phi) is 5.63. The average Bonchev–Trinajstić information content (AvgIpc) is 2.54. The standard InChI is InChI=1S/C16H24N4O2/c1-5-7-8-18-16-19-12-10-14(22-4)13(21-3)9-11(12)15(20-16)17-6-2/h9-10H,5-8H2,1-4H3,(H2,17,18,19,20). The lowest BCUT2D eigenvalue weighted by molar-refractivity contribution is 0.356. The summed E-state index contributed by atoms with van der Waals surface area (Å²) in [6.07, 6.45) is 2.22. The van der Waals surface area contributed by atoms with Crippen molar-refractivity contribution in [1.29, 1.82) is 0 Å². The van der Waals surface area contributed by atoms with E-state index in [4.69, 9.17) is 9.47 Å². The predicted molar refractivity (Wildman–Crippen MR) is 90.2 cm³/mol. The second kappa shape index (κ2) is 7.68. The Hall–Kier alpha value is -2.24. The molecule has 0 radical (unpaired) electrons. The molecule has 2 rings (SSSR count). The number of ether oxygens (including phenoxy) is 2. The first-order chi connectivity index (χ1) is 10.7. The second-order valence-corrected chi connectivity index (χ2v) is 4.93. The molecule has 1 aromatic heterocycles. The molecule has 0 saturated heterocycles. The molecule has 0 bridgehead atoms. The highest BCUT2D eigenvalue weighted by molar-refractivity contribution is 5.92. The van der Waals surface area contributed by atoms with Gasteiger partial charge in [0.1, 0.15) is 5.82 Å². The SMILES string of the molecule is CCCCNc1nc(NCC)c2cc(OC)c(OC)cc2n1. The van der Waals surface area contributed by atoms with Gasteiger partial charge < -0.3 is 20.1 Å². The number of hydrogen-bond acceptors (Lipinski definition) is 6. The Morgan fingerprint density at radius 1 is 1.00 bits per heavy atom. The van der Waals surface area contributed by atoms with Crippen molar-refractivity contribution in [3.63, 3.8) is 0 Å². The summed E-state index contributed by atoms with van der Waals surface area (Å²) in [7, 11) is 3.24. The van der Waals surface area contributed by atoms with Gasteiger partial charge in [0.15, 0.2) is 11.5 Å². The van der Waals surface area contributed by atoms with E-state index in [1.807, 2.05) is 19.1 Å². The van der Waals surface area contributed by atoms with Gasteiger partial charge in [0.2, 0.25) is 5.95 Å². The van der Waals surface area contributed by atoms with E-state index in [1.165, 1.54) is 0 Å². The van der Waals surface area contributed by atoms with Crippen LogP contribution in [0, 0.1) is 0 Å². The summed E-state index contributed by atoms with van der Waals surface area (Å²) in [5.74, 6) is 2.76. The minimum absolute atomic E-state index is 0.629. The molecule has 1 heterocycles. The lowest BCUT2D eigenvalue weighted by atomic mass is 10.2. The number of aromatic nitrogens is 2. The van der Waals surface area contributed by atoms with Gasteiger partial charge in [-0.1, -0.05) is 13.3 Å². The van der Waals surface area contributed by atoms with Gasteiger partial charge in [-0.05, 0) is 19.4 Å². The first kappa shape index (κ1) is 16.1. The summed E-state index contributed by atoms with van der Waals surface area (Å²) in [6, 6.07) is 3.78. The first-order valence-electron chi connectivity index (χ1n) is 7.65. The molecule has 6 heteroatoms. The van der Waals surface area contributed by atoms with E-state index in [-0.39, 0.29) is 0 Å². The molecule has 22 heavy (non-hydrogen) atoms. The Morgan fingerprint density at radius 3 is 2.36 bits per heavy atom. The zero-order chi connectivity index (χ0) is 15.9. The van der Waals surface area contributed by atoms with E-state index in [0.717, 1.165) is 42.7 Å². The molecule has 0 saturated carbocycles. The topological polar surface area (TPSA) is 68.3 Å². The number of benzene rings is 1. The zero-order valence-electron chi connectivity index (χ0n) is 13.7. The lowest BCUT2D eigenvalue weighted by Crippen LogP contribution is -2.08. The van der Waals surface area contributed by atoms with Crippen LogP contribution in [0.5, 0.6) is 11.5 Å². The molecule has 0 aliphatic carbocycles. The van der Waals surface area contributed by atoms with Crippen LogP contribution in [-0.4, -0.2) is 37.3 Å². The molecule has 2 N–H and O–H groups in total. The number of hydrogen-bond donors (Lipinski definition) is 2. The van der Waals surface area contributed by atoms with Crippen molar-refractivity contribution in [2.24, 2.45) is 0 Å². The molecule has 0 atom stereocenters. The average molecular weight is 304 g/mol. The van der Waals surface area contributed by atoms with Gasteiger partial charge in [-0.3, -0.25) is 0 Å². The van der Waals surface area contributed by atoms with E-state index in [0.29, 0.717) is 17.4 Å². The summed E-state index contributed by atoms with van der Waals surface area (Å²) in [4.78, 5) is 9.14. The van der Waals surface area contributed by atoms with Gasteiger partial charge in [-0.15, -0.1) is 0 Å². The molecule has 6 nitrogen and oxygen atoms in total. The fourth-order valence-corrected chi connectivity index (χ4v) is 2.21. The third kappa shape index (κ3) is 3.50. The van der Waals surface area contributed by atoms with Crippen LogP contribution in [-0.2, 0) is 0 Å². The Morgan fingerprint density at radius 2 is 1.73 bits per heavy atom. The van der Waals surface area contributed by atoms with Gasteiger partial charge in [0.05, 0.1) is 19.7 Å². The summed E-state index contributed by atoms with van der Waals surface area (Å²) in [5.41, 5.74) is 0.822. The summed E-state index contributed by atoms with van der Waals surface area (Å²) in [6.45, 7) is 5.85. The third-order valence-electron chi connectivity index (χ3n) is 3.36. The fourth-order valence-electron chi connectivity index (χ4n) is 2.21. The summed E-state index contributed by atoms with van der Waals surface area (Å²) >= 11 is 0. The Labute approximate surface area is 131 Å². The van der Waals surface area contributed by atoms with E-state index >= 15 is 0 Å². The smallest absolute Gasteiger partial charge is 0.225 e. The van der Waals surface area contributed by atoms with Crippen molar-refractivity contribution in [3.05, 3.63) is 12.1 Å². The molecule has 0 spiro atoms. The van der Waals surface area contributed by atoms with Crippen molar-refractivity contribution in [2.75, 3.05) is 37.9 Å². The van der Waals surface area contributed by atoms with Crippen LogP contribution >= 0.6 is 0 Å². The van der Waals surface area contributed by atoms with Gasteiger partial charge in [0.25, 0.3) is 0 Å². The molecular weight excluding hydrogens is 280 g/mol. The number of anilines is 2. The van der Waals surface area contributed by atoms with Crippen LogP contribution in [0.15, 0.2) is 12.1 Å². The maximum absolute atomic E-state index is 5.36. The van der Waals surface area contributed by atoms with Gasteiger partial charge in [0, 0.05) is 24.5 Å². The van der Waals surface area contributed by atoms with Crippen LogP contribution in [0.3, 0.4) is 0 Å². The van der Waals surface area contributed by atoms with Crippen LogP contribution < -0.4 is 20.1 Å². The van der Waals surface area contributed by atoms with E-state index in [2.05, 4.69) is 27.5 Å². The monoisotopic (exact) mass is 304 g/mol. The number of nitrogens with one attached hydrogen (secondary N) is 2. The Balaban J connectivity index is 2.48. The van der Waals surface area contributed by atoms with Gasteiger partial charge >= 0.3 is 0 Å². The molecule has 0 aliphatic rings. The number of unbranched alkanes of at least 4 members (excludes halogenated alkanes) is 1. The van der Waals surface area contributed by atoms with Crippen LogP contribution in [0.25, 0.3) is 10.9 Å². The molecule has 120 valence electrons. The number of methoxy groups -OCH3 is 2. The molecule has 0 fully saturated rings. The van der Waals surface area contributed by atoms with Crippen molar-refractivity contribution >= 4 is 22.7 Å².